The average Bonchev–Trinajstić information content (AvgIpc) is 3.40. The maximum atomic E-state index is 12.8. The molecule has 0 saturated heterocycles. The average molecular weight is 400 g/mol. The summed E-state index contributed by atoms with van der Waals surface area (Å²) in [5.41, 5.74) is 0.478. The number of thiophene rings is 1. The van der Waals surface area contributed by atoms with Crippen LogP contribution in [0, 0.1) is 10.1 Å². The zero-order valence-electron chi connectivity index (χ0n) is 15.6. The number of hydrogen-bond acceptors (Lipinski definition) is 7. The van der Waals surface area contributed by atoms with Crippen molar-refractivity contribution in [1.29, 1.82) is 0 Å². The van der Waals surface area contributed by atoms with Gasteiger partial charge in [0, 0.05) is 36.7 Å². The highest BCUT2D eigenvalue weighted by Gasteiger charge is 2.22. The lowest BCUT2D eigenvalue weighted by atomic mass is 10.2. The third kappa shape index (κ3) is 4.42. The van der Waals surface area contributed by atoms with Crippen molar-refractivity contribution in [1.82, 2.24) is 15.0 Å². The molecule has 0 radical (unpaired) electrons. The van der Waals surface area contributed by atoms with E-state index < -0.39 is 4.92 Å². The molecule has 0 spiro atoms. The number of carbonyl (C=O) groups is 1. The highest BCUT2D eigenvalue weighted by molar-refractivity contribution is 7.12. The summed E-state index contributed by atoms with van der Waals surface area (Å²) in [6.07, 6.45) is 1.24. The molecule has 28 heavy (non-hydrogen) atoms. The predicted octanol–water partition coefficient (Wildman–Crippen LogP) is 4.19. The van der Waals surface area contributed by atoms with Crippen molar-refractivity contribution in [2.24, 2.45) is 0 Å². The van der Waals surface area contributed by atoms with E-state index in [-0.39, 0.29) is 17.6 Å². The summed E-state index contributed by atoms with van der Waals surface area (Å²) in [7, 11) is 0. The second-order valence-electron chi connectivity index (χ2n) is 6.30. The fraction of sp³-hybridized carbons (Fsp3) is 0.316. The number of non-ortho nitro benzene ring substituents is 1. The number of aromatic nitrogens is 2. The number of hydrogen-bond donors (Lipinski definition) is 0. The molecule has 0 fully saturated rings. The molecule has 0 aliphatic rings. The fourth-order valence-corrected chi connectivity index (χ4v) is 3.41. The van der Waals surface area contributed by atoms with E-state index in [1.54, 1.807) is 12.1 Å². The highest BCUT2D eigenvalue weighted by atomic mass is 32.1. The molecule has 3 aromatic rings. The van der Waals surface area contributed by atoms with E-state index in [4.69, 9.17) is 4.52 Å². The molecular weight excluding hydrogens is 380 g/mol. The van der Waals surface area contributed by atoms with Crippen molar-refractivity contribution < 1.29 is 14.2 Å². The first-order valence-electron chi connectivity index (χ1n) is 8.91. The highest BCUT2D eigenvalue weighted by Crippen LogP contribution is 2.22. The van der Waals surface area contributed by atoms with Crippen LogP contribution in [0.5, 0.6) is 0 Å². The van der Waals surface area contributed by atoms with Gasteiger partial charge in [0.1, 0.15) is 0 Å². The van der Waals surface area contributed by atoms with Crippen LogP contribution in [0.1, 0.15) is 35.8 Å². The molecule has 3 rings (SSSR count). The Kier molecular flexibility index (Phi) is 6.15. The van der Waals surface area contributed by atoms with Crippen LogP contribution in [-0.4, -0.2) is 38.5 Å². The third-order valence-electron chi connectivity index (χ3n) is 4.47. The standard InChI is InChI=1S/C19H20N4O4S/c1-3-13(2)22(19(24)16-8-5-11-28-16)10-9-17-20-18(21-27-17)14-6-4-7-15(12-14)23(25)26/h4-8,11-13H,3,9-10H2,1-2H3. The summed E-state index contributed by atoms with van der Waals surface area (Å²) >= 11 is 1.42. The minimum Gasteiger partial charge on any atom is -0.339 e. The lowest BCUT2D eigenvalue weighted by Crippen LogP contribution is -2.39. The van der Waals surface area contributed by atoms with Crippen LogP contribution in [0.15, 0.2) is 46.3 Å². The molecule has 1 unspecified atom stereocenters. The van der Waals surface area contributed by atoms with Gasteiger partial charge in [-0.1, -0.05) is 30.3 Å². The van der Waals surface area contributed by atoms with E-state index in [1.165, 1.54) is 23.5 Å². The van der Waals surface area contributed by atoms with Crippen molar-refractivity contribution in [2.75, 3.05) is 6.54 Å². The Balaban J connectivity index is 1.72. The number of benzene rings is 1. The van der Waals surface area contributed by atoms with Gasteiger partial charge in [0.2, 0.25) is 11.7 Å². The normalized spacial score (nSPS) is 11.9. The Hall–Kier alpha value is -3.07. The molecule has 0 aliphatic carbocycles. The minimum absolute atomic E-state index is 0.0113. The maximum Gasteiger partial charge on any atom is 0.270 e. The lowest BCUT2D eigenvalue weighted by molar-refractivity contribution is -0.384. The monoisotopic (exact) mass is 400 g/mol. The Morgan fingerprint density at radius 3 is 2.86 bits per heavy atom. The zero-order valence-corrected chi connectivity index (χ0v) is 16.4. The van der Waals surface area contributed by atoms with Gasteiger partial charge in [-0.25, -0.2) is 0 Å². The quantitative estimate of drug-likeness (QED) is 0.415. The van der Waals surface area contributed by atoms with Crippen molar-refractivity contribution >= 4 is 22.9 Å². The molecule has 0 saturated carbocycles. The summed E-state index contributed by atoms with van der Waals surface area (Å²) in [6, 6.07) is 9.83. The summed E-state index contributed by atoms with van der Waals surface area (Å²) in [5, 5.41) is 16.7. The molecule has 0 N–H and O–H groups in total. The van der Waals surface area contributed by atoms with Crippen molar-refractivity contribution in [3.05, 3.63) is 62.7 Å². The first kappa shape index (κ1) is 19.7. The topological polar surface area (TPSA) is 102 Å². The first-order chi connectivity index (χ1) is 13.5. The smallest absolute Gasteiger partial charge is 0.270 e. The van der Waals surface area contributed by atoms with Gasteiger partial charge in [-0.3, -0.25) is 14.9 Å². The van der Waals surface area contributed by atoms with Gasteiger partial charge < -0.3 is 9.42 Å². The van der Waals surface area contributed by atoms with Gasteiger partial charge in [-0.05, 0) is 24.8 Å². The largest absolute Gasteiger partial charge is 0.339 e. The van der Waals surface area contributed by atoms with Crippen LogP contribution < -0.4 is 0 Å². The summed E-state index contributed by atoms with van der Waals surface area (Å²) in [6.45, 7) is 4.49. The van der Waals surface area contributed by atoms with Gasteiger partial charge in [-0.2, -0.15) is 4.98 Å². The Morgan fingerprint density at radius 1 is 1.36 bits per heavy atom. The fourth-order valence-electron chi connectivity index (χ4n) is 2.73. The molecular formula is C19H20N4O4S. The van der Waals surface area contributed by atoms with Gasteiger partial charge in [0.25, 0.3) is 11.6 Å². The van der Waals surface area contributed by atoms with Crippen LogP contribution in [-0.2, 0) is 6.42 Å². The molecule has 0 aliphatic heterocycles. The number of carbonyl (C=O) groups excluding carboxylic acids is 1. The Bertz CT molecular complexity index is 955. The lowest BCUT2D eigenvalue weighted by Gasteiger charge is -2.27. The predicted molar refractivity (Wildman–Crippen MR) is 105 cm³/mol. The molecule has 1 amide bonds. The molecule has 2 aromatic heterocycles. The van der Waals surface area contributed by atoms with Crippen molar-refractivity contribution in [3.8, 4) is 11.4 Å². The second-order valence-corrected chi connectivity index (χ2v) is 7.25. The van der Waals surface area contributed by atoms with E-state index >= 15 is 0 Å². The van der Waals surface area contributed by atoms with E-state index in [0.717, 1.165) is 6.42 Å². The van der Waals surface area contributed by atoms with Crippen molar-refractivity contribution in [3.63, 3.8) is 0 Å². The summed E-state index contributed by atoms with van der Waals surface area (Å²) in [4.78, 5) is 30.0. The van der Waals surface area contributed by atoms with Gasteiger partial charge >= 0.3 is 0 Å². The first-order valence-corrected chi connectivity index (χ1v) is 9.79. The second kappa shape index (κ2) is 8.75. The van der Waals surface area contributed by atoms with E-state index in [1.807, 2.05) is 36.3 Å². The molecule has 8 nitrogen and oxygen atoms in total. The molecule has 1 aromatic carbocycles. The molecule has 1 atom stereocenters. The number of nitrogens with zero attached hydrogens (tertiary/aromatic N) is 4. The van der Waals surface area contributed by atoms with Crippen LogP contribution in [0.4, 0.5) is 5.69 Å². The summed E-state index contributed by atoms with van der Waals surface area (Å²) < 4.78 is 5.29. The van der Waals surface area contributed by atoms with Gasteiger partial charge in [-0.15, -0.1) is 11.3 Å². The van der Waals surface area contributed by atoms with Gasteiger partial charge in [0.15, 0.2) is 0 Å². The van der Waals surface area contributed by atoms with Crippen LogP contribution in [0.25, 0.3) is 11.4 Å². The maximum absolute atomic E-state index is 12.8. The summed E-state index contributed by atoms with van der Waals surface area (Å²) in [5.74, 6) is 0.662. The van der Waals surface area contributed by atoms with Crippen LogP contribution in [0.3, 0.4) is 0 Å². The SMILES string of the molecule is CCC(C)N(CCc1nc(-c2cccc([N+](=O)[O-])c2)no1)C(=O)c1cccs1. The number of rotatable bonds is 8. The van der Waals surface area contributed by atoms with Crippen molar-refractivity contribution in [2.45, 2.75) is 32.7 Å². The minimum atomic E-state index is -0.468. The van der Waals surface area contributed by atoms with Crippen LogP contribution >= 0.6 is 11.3 Å². The number of nitro groups is 1. The van der Waals surface area contributed by atoms with Gasteiger partial charge in [0.05, 0.1) is 9.80 Å². The Labute approximate surface area is 165 Å². The Morgan fingerprint density at radius 2 is 2.18 bits per heavy atom. The molecule has 0 bridgehead atoms. The van der Waals surface area contributed by atoms with Crippen LogP contribution in [0.2, 0.25) is 0 Å². The zero-order chi connectivity index (χ0) is 20.1. The van der Waals surface area contributed by atoms with E-state index in [9.17, 15) is 14.9 Å². The third-order valence-corrected chi connectivity index (χ3v) is 5.32. The molecule has 2 heterocycles. The van der Waals surface area contributed by atoms with E-state index in [2.05, 4.69) is 10.1 Å². The molecule has 146 valence electrons. The van der Waals surface area contributed by atoms with E-state index in [0.29, 0.717) is 35.1 Å². The number of amides is 1. The number of nitro benzene ring substituents is 1. The molecule has 9 heteroatoms.